The van der Waals surface area contributed by atoms with E-state index >= 15 is 0 Å². The number of methoxy groups -OCH3 is 1. The largest absolute Gasteiger partial charge is 0.383 e. The number of hydrogen-bond donors (Lipinski definition) is 13. The smallest absolute Gasteiger partial charge is 0.250 e. The maximum Gasteiger partial charge on any atom is 0.250 e. The molecule has 5 aliphatic carbocycles. The Kier molecular flexibility index (Phi) is 22.1. The van der Waals surface area contributed by atoms with E-state index in [-0.39, 0.29) is 36.0 Å². The second-order valence-electron chi connectivity index (χ2n) is 26.6. The Bertz CT molecular complexity index is 5800. The molecule has 0 unspecified atom stereocenters. The van der Waals surface area contributed by atoms with Gasteiger partial charge >= 0.3 is 0 Å². The fourth-order valence-electron chi connectivity index (χ4n) is 11.2. The zero-order chi connectivity index (χ0) is 75.7. The van der Waals surface area contributed by atoms with Crippen LogP contribution in [0.2, 0.25) is 10.0 Å². The van der Waals surface area contributed by atoms with Crippen LogP contribution in [0.4, 0.5) is 69.8 Å². The van der Waals surface area contributed by atoms with Crippen molar-refractivity contribution in [2.75, 3.05) is 52.2 Å². The number of sulfonamides is 2. The number of benzene rings is 3. The number of thiophene rings is 1. The predicted molar refractivity (Wildman–Crippen MR) is 442 cm³/mol. The Labute approximate surface area is 660 Å². The summed E-state index contributed by atoms with van der Waals surface area (Å²) >= 11 is 13.5. The molecular weight excluding hydrogens is 1500 g/mol. The molecule has 0 atom stereocenters. The number of fused-ring (bicyclic) bond motifs is 1. The van der Waals surface area contributed by atoms with Crippen LogP contribution in [0.1, 0.15) is 147 Å². The normalized spacial score (nSPS) is 14.5. The molecule has 13 aromatic rings. The third-order valence-corrected chi connectivity index (χ3v) is 22.9. The summed E-state index contributed by atoms with van der Waals surface area (Å²) in [5.74, 6) is 10.1. The van der Waals surface area contributed by atoms with E-state index in [1.807, 2.05) is 60.8 Å². The van der Waals surface area contributed by atoms with Crippen molar-refractivity contribution in [1.82, 2.24) is 95.1 Å². The number of nitrogens with one attached hydrogen (secondary N) is 13. The van der Waals surface area contributed by atoms with Gasteiger partial charge in [0.2, 0.25) is 37.9 Å². The number of ether oxygens (including phenoxy) is 1. The van der Waals surface area contributed by atoms with Gasteiger partial charge < -0.3 is 41.6 Å². The molecule has 0 amide bonds. The van der Waals surface area contributed by atoms with Crippen LogP contribution >= 0.6 is 34.5 Å². The van der Waals surface area contributed by atoms with Crippen molar-refractivity contribution in [2.24, 2.45) is 0 Å². The molecule has 0 radical (unpaired) electrons. The molecule has 110 heavy (non-hydrogen) atoms. The molecule has 0 spiro atoms. The number of aromatic nitrogens is 17. The van der Waals surface area contributed by atoms with Crippen molar-refractivity contribution < 1.29 is 35.8 Å². The number of rotatable bonds is 27. The first-order chi connectivity index (χ1) is 53.5. The van der Waals surface area contributed by atoms with E-state index < -0.39 is 20.0 Å². The second kappa shape index (κ2) is 33.0. The van der Waals surface area contributed by atoms with Gasteiger partial charge in [-0.3, -0.25) is 20.4 Å². The summed E-state index contributed by atoms with van der Waals surface area (Å²) in [7, 11) is -5.54. The van der Waals surface area contributed by atoms with Crippen LogP contribution in [-0.4, -0.2) is 129 Å². The van der Waals surface area contributed by atoms with E-state index in [1.165, 1.54) is 76.9 Å². The average Bonchev–Trinajstić information content (AvgIpc) is 1.56. The molecule has 5 saturated carbocycles. The van der Waals surface area contributed by atoms with Gasteiger partial charge in [-0.05, 0) is 155 Å². The molecular formula is C74H92Cl2N26O5S3. The maximum atomic E-state index is 12.3. The summed E-state index contributed by atoms with van der Waals surface area (Å²) in [5.41, 5.74) is 11.0. The Morgan fingerprint density at radius 1 is 0.591 bits per heavy atom. The molecule has 0 bridgehead atoms. The molecule has 10 heterocycles. The van der Waals surface area contributed by atoms with Crippen molar-refractivity contribution in [3.8, 4) is 29.1 Å². The van der Waals surface area contributed by atoms with Gasteiger partial charge in [0.1, 0.15) is 14.3 Å². The Morgan fingerprint density at radius 2 is 1.19 bits per heavy atom. The average molecular weight is 1590 g/mol. The number of H-pyrrole nitrogens is 5. The lowest BCUT2D eigenvalue weighted by Crippen LogP contribution is -2.26. The van der Waals surface area contributed by atoms with Gasteiger partial charge in [0, 0.05) is 145 Å². The summed E-state index contributed by atoms with van der Waals surface area (Å²) < 4.78 is 59.4. The highest BCUT2D eigenvalue weighted by Crippen LogP contribution is 2.43. The molecule has 18 rings (SSSR count). The number of hydrogen-bond acceptors (Lipinski definition) is 25. The molecule has 580 valence electrons. The van der Waals surface area contributed by atoms with Crippen molar-refractivity contribution in [3.05, 3.63) is 202 Å². The van der Waals surface area contributed by atoms with E-state index in [1.54, 1.807) is 60.9 Å². The van der Waals surface area contributed by atoms with E-state index in [2.05, 4.69) is 145 Å². The first kappa shape index (κ1) is 73.8. The predicted octanol–water partition coefficient (Wildman–Crippen LogP) is 16.6. The molecule has 13 N–H and O–H groups in total. The van der Waals surface area contributed by atoms with Gasteiger partial charge in [-0.15, -0.1) is 17.8 Å². The van der Waals surface area contributed by atoms with Gasteiger partial charge in [-0.25, -0.2) is 56.2 Å². The molecule has 5 aliphatic rings. The summed E-state index contributed by atoms with van der Waals surface area (Å²) in [6.07, 6.45) is 25.9. The van der Waals surface area contributed by atoms with Crippen LogP contribution in [0.15, 0.2) is 155 Å². The molecule has 3 aromatic carbocycles. The highest BCUT2D eigenvalue weighted by atomic mass is 35.5. The SMILES string of the molecule is C#Cc1cnc(Nc2ccc3[nH]ccc3c2)nc1Nc1cc(C2CC2)[nH]n1.COCCNS(=O)(=O)c1ccc(-c2ncc(Cl)c(Nc3cc(C4CC4)[nH]n3)n2)s1.N#Cc1cccc(Nc2ncc(Cl)c(Nc3cc(C4CC4)[nH]n3)n2)c1.O=S(=O)(NC1CC1)c1ccc(Nc2nccc(Cc3cc(C4CC4)n[nH]3)n2)cc1.[HH].[HH].[HH].[HH].[HH].[HH].[HH].[HH].[HH].[HH]. The van der Waals surface area contributed by atoms with Crippen molar-refractivity contribution in [1.29, 1.82) is 5.26 Å². The third-order valence-electron chi connectivity index (χ3n) is 17.8. The number of nitrogens with zero attached hydrogens (tertiary/aromatic N) is 13. The summed E-state index contributed by atoms with van der Waals surface area (Å²) in [6.45, 7) is 0.493. The summed E-state index contributed by atoms with van der Waals surface area (Å²) in [4.78, 5) is 38.9. The minimum Gasteiger partial charge on any atom is -0.383 e. The maximum absolute atomic E-state index is 12.3. The highest BCUT2D eigenvalue weighted by Gasteiger charge is 2.31. The lowest BCUT2D eigenvalue weighted by atomic mass is 10.2. The molecule has 0 aliphatic heterocycles. The molecule has 31 nitrogen and oxygen atoms in total. The Hall–Kier alpha value is -11.7. The van der Waals surface area contributed by atoms with Crippen molar-refractivity contribution in [3.63, 3.8) is 0 Å². The summed E-state index contributed by atoms with van der Waals surface area (Å²) in [6, 6.07) is 37.0. The highest BCUT2D eigenvalue weighted by molar-refractivity contribution is 7.91. The first-order valence-corrected chi connectivity index (χ1v) is 39.9. The second-order valence-corrected chi connectivity index (χ2v) is 32.2. The van der Waals surface area contributed by atoms with Gasteiger partial charge in [-0.1, -0.05) is 35.2 Å². The van der Waals surface area contributed by atoms with Crippen LogP contribution in [-0.2, 0) is 31.2 Å². The zero-order valence-electron chi connectivity index (χ0n) is 58.8. The van der Waals surface area contributed by atoms with Crippen LogP contribution < -0.4 is 41.3 Å². The van der Waals surface area contributed by atoms with Crippen LogP contribution in [0.3, 0.4) is 0 Å². The van der Waals surface area contributed by atoms with Crippen LogP contribution in [0.5, 0.6) is 0 Å². The zero-order valence-corrected chi connectivity index (χ0v) is 62.8. The molecule has 0 saturated heterocycles. The Balaban J connectivity index is 0.000000277. The quantitative estimate of drug-likeness (QED) is 0.0168. The van der Waals surface area contributed by atoms with Gasteiger partial charge in [0.05, 0.1) is 63.6 Å². The number of halogens is 2. The fourth-order valence-corrected chi connectivity index (χ4v) is 15.1. The third kappa shape index (κ3) is 19.6. The molecule has 5 fully saturated rings. The van der Waals surface area contributed by atoms with Crippen molar-refractivity contribution >= 4 is 135 Å². The van der Waals surface area contributed by atoms with Gasteiger partial charge in [-0.2, -0.15) is 35.6 Å². The minimum absolute atomic E-state index is 0. The van der Waals surface area contributed by atoms with Crippen LogP contribution in [0, 0.1) is 23.7 Å². The topological polar surface area (TPSA) is 431 Å². The number of aromatic amines is 5. The van der Waals surface area contributed by atoms with Crippen LogP contribution in [0.25, 0.3) is 21.6 Å². The molecule has 10 aromatic heterocycles. The number of terminal acetylenes is 1. The lowest BCUT2D eigenvalue weighted by Gasteiger charge is -2.09. The number of nitriles is 1. The lowest BCUT2D eigenvalue weighted by molar-refractivity contribution is 0.204. The minimum atomic E-state index is -3.61. The molecule has 36 heteroatoms. The van der Waals surface area contributed by atoms with Gasteiger partial charge in [0.15, 0.2) is 40.7 Å². The van der Waals surface area contributed by atoms with E-state index in [9.17, 15) is 16.8 Å². The first-order valence-electron chi connectivity index (χ1n) is 35.3. The standard InChI is InChI=1S/C20H17N7.C20H22N6O2S.C17H14ClN7.C17H19ClN6O3S2.10H2/c1-2-12-11-22-20(23-15-5-6-16-14(9-15)7-8-21-16)25-19(12)24-18-10-17(26-27-18)13-3-4-13;27-29(28,26-15-3-4-15)18-7-5-14(6-8-18)22-20-21-10-9-16(23-20)11-17-12-19(25-24-17)13-1-2-13;18-13-9-20-17(21-12-3-1-2-10(6-12)8-19)23-16(13)22-15-7-14(24-25-15)11-4-5-11;1-27-7-6-20-29(25,26)15-5-4-13(28-15)17-19-9-11(18)16(22-17)21-14-8-12(23-24-14)10-2-3-10;;;;;;;;;;/h1,5-11,13,21H,3-4H2,(H3,22,23,24,25,26,27);5-10,12-13,15,26H,1-4,11H2,(H,24,25)(H,21,22,23);1-3,6-7,9,11H,4-5H2,(H3,20,21,22,23,24,25);4-5,8-10,20H,2-3,6-7H2,1H3,(H2,19,21,22,23,24);10*1H. The van der Waals surface area contributed by atoms with Gasteiger partial charge in [0.25, 0.3) is 0 Å². The fraction of sp³-hybridized carbons (Fsp3) is 0.257. The van der Waals surface area contributed by atoms with E-state index in [0.717, 1.165) is 86.3 Å². The van der Waals surface area contributed by atoms with E-state index in [0.29, 0.717) is 121 Å². The summed E-state index contributed by atoms with van der Waals surface area (Å²) in [5, 5.41) is 59.0. The number of anilines is 12. The monoisotopic (exact) mass is 1590 g/mol. The Morgan fingerprint density at radius 3 is 1.83 bits per heavy atom. The van der Waals surface area contributed by atoms with Crippen molar-refractivity contribution in [2.45, 2.75) is 109 Å². The van der Waals surface area contributed by atoms with E-state index in [4.69, 9.17) is 39.6 Å².